The number of hydrogen-bond acceptors (Lipinski definition) is 4. The fourth-order valence-electron chi connectivity index (χ4n) is 9.47. The highest BCUT2D eigenvalue weighted by atomic mass is 16.5. The molecule has 0 aromatic heterocycles. The van der Waals surface area contributed by atoms with Gasteiger partial charge in [0.2, 0.25) is 0 Å². The van der Waals surface area contributed by atoms with E-state index in [9.17, 15) is 20.3 Å². The van der Waals surface area contributed by atoms with Gasteiger partial charge in [-0.15, -0.1) is 0 Å². The van der Waals surface area contributed by atoms with Crippen LogP contribution in [0.1, 0.15) is 86.5 Å². The number of carboxylic acid groups (broad SMARTS) is 1. The summed E-state index contributed by atoms with van der Waals surface area (Å²) < 4.78 is 6.02. The van der Waals surface area contributed by atoms with Crippen molar-refractivity contribution in [3.05, 3.63) is 46.6 Å². The van der Waals surface area contributed by atoms with E-state index in [1.54, 1.807) is 7.11 Å². The summed E-state index contributed by atoms with van der Waals surface area (Å²) in [5, 5.41) is 30.7. The van der Waals surface area contributed by atoms with E-state index in [1.165, 1.54) is 11.6 Å². The van der Waals surface area contributed by atoms with Crippen LogP contribution in [0.4, 0.5) is 0 Å². The number of methoxy groups -OCH3 is 1. The zero-order chi connectivity index (χ0) is 27.2. The molecule has 2 N–H and O–H groups in total. The topological polar surface area (TPSA) is 90.6 Å². The third kappa shape index (κ3) is 3.18. The van der Waals surface area contributed by atoms with Crippen LogP contribution in [0.25, 0.3) is 0 Å². The maximum Gasteiger partial charge on any atom is 0.309 e. The van der Waals surface area contributed by atoms with Crippen LogP contribution in [0.3, 0.4) is 0 Å². The molecule has 0 spiro atoms. The normalized spacial score (nSPS) is 49.8. The number of aliphatic hydroxyl groups excluding tert-OH is 1. The second-order valence-electron chi connectivity index (χ2n) is 14.0. The molecule has 0 amide bonds. The van der Waals surface area contributed by atoms with Gasteiger partial charge in [0.15, 0.2) is 0 Å². The van der Waals surface area contributed by atoms with E-state index in [0.717, 1.165) is 56.1 Å². The molecule has 3 fully saturated rings. The van der Waals surface area contributed by atoms with E-state index in [0.29, 0.717) is 11.5 Å². The quantitative estimate of drug-likeness (QED) is 0.417. The highest BCUT2D eigenvalue weighted by Crippen LogP contribution is 2.75. The third-order valence-corrected chi connectivity index (χ3v) is 12.5. The minimum absolute atomic E-state index is 0.0158. The maximum absolute atomic E-state index is 12.3. The summed E-state index contributed by atoms with van der Waals surface area (Å²) in [6.07, 6.45) is 13.6. The molecular formula is C32H43NO4. The molecular weight excluding hydrogens is 462 g/mol. The van der Waals surface area contributed by atoms with E-state index >= 15 is 0 Å². The van der Waals surface area contributed by atoms with Crippen molar-refractivity contribution in [1.82, 2.24) is 0 Å². The minimum Gasteiger partial charge on any atom is -0.481 e. The van der Waals surface area contributed by atoms with Gasteiger partial charge in [-0.3, -0.25) is 4.79 Å². The summed E-state index contributed by atoms with van der Waals surface area (Å²) in [6, 6.07) is 2.10. The smallest absolute Gasteiger partial charge is 0.309 e. The molecule has 5 heteroatoms. The number of aliphatic hydroxyl groups is 1. The lowest BCUT2D eigenvalue weighted by Crippen LogP contribution is -2.62. The summed E-state index contributed by atoms with van der Waals surface area (Å²) in [4.78, 5) is 12.3. The Labute approximate surface area is 222 Å². The number of rotatable bonds is 2. The highest BCUT2D eigenvalue weighted by molar-refractivity contribution is 5.74. The molecule has 0 heterocycles. The molecule has 200 valence electrons. The number of nitrogens with zero attached hydrogens (tertiary/aromatic N) is 1. The fraction of sp³-hybridized carbons (Fsp3) is 0.688. The lowest BCUT2D eigenvalue weighted by molar-refractivity contribution is -0.178. The average Bonchev–Trinajstić information content (AvgIpc) is 2.85. The van der Waals surface area contributed by atoms with Gasteiger partial charge in [-0.25, -0.2) is 0 Å². The van der Waals surface area contributed by atoms with E-state index in [2.05, 4.69) is 45.9 Å². The first kappa shape index (κ1) is 26.4. The monoisotopic (exact) mass is 505 g/mol. The third-order valence-electron chi connectivity index (χ3n) is 12.5. The summed E-state index contributed by atoms with van der Waals surface area (Å²) in [6.45, 7) is 13.5. The molecule has 5 rings (SSSR count). The van der Waals surface area contributed by atoms with Crippen LogP contribution in [0.2, 0.25) is 0 Å². The van der Waals surface area contributed by atoms with Crippen LogP contribution in [-0.4, -0.2) is 35.0 Å². The van der Waals surface area contributed by atoms with Crippen LogP contribution in [-0.2, 0) is 9.53 Å². The first-order chi connectivity index (χ1) is 17.2. The van der Waals surface area contributed by atoms with Crippen LogP contribution in [0.5, 0.6) is 0 Å². The van der Waals surface area contributed by atoms with Gasteiger partial charge in [-0.05, 0) is 98.2 Å². The second-order valence-corrected chi connectivity index (χ2v) is 14.0. The summed E-state index contributed by atoms with van der Waals surface area (Å²) in [5.41, 5.74) is 2.40. The van der Waals surface area contributed by atoms with Crippen molar-refractivity contribution in [3.8, 4) is 6.07 Å². The Hall–Kier alpha value is -2.16. The van der Waals surface area contributed by atoms with Gasteiger partial charge in [0.05, 0.1) is 17.6 Å². The molecule has 1 unspecified atom stereocenters. The molecule has 0 radical (unpaired) electrons. The zero-order valence-corrected chi connectivity index (χ0v) is 23.6. The Morgan fingerprint density at radius 2 is 1.70 bits per heavy atom. The van der Waals surface area contributed by atoms with Crippen molar-refractivity contribution in [1.29, 1.82) is 5.26 Å². The number of fused-ring (bicyclic) bond motifs is 7. The Balaban J connectivity index is 1.66. The fourth-order valence-corrected chi connectivity index (χ4v) is 9.47. The van der Waals surface area contributed by atoms with Crippen LogP contribution in [0.15, 0.2) is 46.6 Å². The van der Waals surface area contributed by atoms with Crippen LogP contribution in [0, 0.1) is 44.3 Å². The van der Waals surface area contributed by atoms with Gasteiger partial charge in [0, 0.05) is 24.2 Å². The van der Waals surface area contributed by atoms with Crippen molar-refractivity contribution < 1.29 is 19.7 Å². The summed E-state index contributed by atoms with van der Waals surface area (Å²) in [5.74, 6) is -0.318. The Kier molecular flexibility index (Phi) is 5.67. The maximum atomic E-state index is 12.3. The lowest BCUT2D eigenvalue weighted by Gasteiger charge is -2.70. The number of nitriles is 1. The number of allylic oxidation sites excluding steroid dienone is 4. The molecule has 0 bridgehead atoms. The SMILES string of the molecule is CO[C@@]1(C)C2=CC=C3[C@@](C)(CC[C@@]4(C)[C@@H]5C[C@](C)(C(=O)O)CC[C@]5(C)CC[C@]34C)C2=CC(O)/C1=C\C#N. The van der Waals surface area contributed by atoms with Gasteiger partial charge in [-0.1, -0.05) is 45.4 Å². The van der Waals surface area contributed by atoms with Crippen molar-refractivity contribution in [2.75, 3.05) is 7.11 Å². The molecule has 8 atom stereocenters. The first-order valence-electron chi connectivity index (χ1n) is 13.9. The number of hydrogen-bond donors (Lipinski definition) is 2. The highest BCUT2D eigenvalue weighted by Gasteiger charge is 2.67. The van der Waals surface area contributed by atoms with E-state index in [4.69, 9.17) is 4.74 Å². The van der Waals surface area contributed by atoms with E-state index < -0.39 is 23.1 Å². The van der Waals surface area contributed by atoms with Gasteiger partial charge < -0.3 is 14.9 Å². The predicted molar refractivity (Wildman–Crippen MR) is 143 cm³/mol. The van der Waals surface area contributed by atoms with Crippen LogP contribution >= 0.6 is 0 Å². The predicted octanol–water partition coefficient (Wildman–Crippen LogP) is 6.51. The number of ether oxygens (including phenoxy) is 1. The average molecular weight is 506 g/mol. The Morgan fingerprint density at radius 3 is 2.32 bits per heavy atom. The molecule has 37 heavy (non-hydrogen) atoms. The Morgan fingerprint density at radius 1 is 1.03 bits per heavy atom. The van der Waals surface area contributed by atoms with Gasteiger partial charge in [0.25, 0.3) is 0 Å². The molecule has 5 nitrogen and oxygen atoms in total. The van der Waals surface area contributed by atoms with E-state index in [1.807, 2.05) is 19.9 Å². The molecule has 0 aromatic carbocycles. The van der Waals surface area contributed by atoms with Crippen molar-refractivity contribution in [3.63, 3.8) is 0 Å². The first-order valence-corrected chi connectivity index (χ1v) is 13.9. The van der Waals surface area contributed by atoms with Crippen LogP contribution < -0.4 is 0 Å². The molecule has 3 saturated carbocycles. The summed E-state index contributed by atoms with van der Waals surface area (Å²) in [7, 11) is 1.65. The zero-order valence-electron chi connectivity index (χ0n) is 23.6. The summed E-state index contributed by atoms with van der Waals surface area (Å²) >= 11 is 0. The van der Waals surface area contributed by atoms with Gasteiger partial charge in [-0.2, -0.15) is 5.26 Å². The molecule has 0 saturated heterocycles. The number of carboxylic acids is 1. The minimum atomic E-state index is -0.877. The number of carbonyl (C=O) groups is 1. The molecule has 0 aromatic rings. The van der Waals surface area contributed by atoms with Gasteiger partial charge >= 0.3 is 5.97 Å². The van der Waals surface area contributed by atoms with Crippen molar-refractivity contribution in [2.45, 2.75) is 98.2 Å². The van der Waals surface area contributed by atoms with Gasteiger partial charge in [0.1, 0.15) is 5.60 Å². The van der Waals surface area contributed by atoms with Crippen molar-refractivity contribution in [2.24, 2.45) is 33.0 Å². The second kappa shape index (κ2) is 7.93. The largest absolute Gasteiger partial charge is 0.481 e. The molecule has 5 aliphatic rings. The lowest BCUT2D eigenvalue weighted by atomic mass is 9.34. The van der Waals surface area contributed by atoms with Crippen molar-refractivity contribution >= 4 is 5.97 Å². The number of aliphatic carboxylic acids is 1. The standard InChI is InChI=1S/C32H43NO4/c1-27-11-12-28(2,26(35)36)19-25(27)31(5)16-14-29(3)22-18-23(34)21(10-17-33)32(6,37-7)20(22)8-9-24(29)30(31,4)15-13-27/h8-10,18,23,25,34H,11-16,19H2,1-7H3,(H,35,36)/b21-10+/t23?,25-,27-,28-,29+,30-,31+,32+/m1/s1. The molecule has 0 aliphatic heterocycles. The molecule has 5 aliphatic carbocycles. The van der Waals surface area contributed by atoms with E-state index in [-0.39, 0.29) is 21.7 Å². The Bertz CT molecular complexity index is 1220.